The van der Waals surface area contributed by atoms with Gasteiger partial charge in [-0.25, -0.2) is 9.97 Å². The monoisotopic (exact) mass is 463 g/mol. The fraction of sp³-hybridized carbons (Fsp3) is 0.190. The van der Waals surface area contributed by atoms with Crippen molar-refractivity contribution in [2.45, 2.75) is 19.7 Å². The van der Waals surface area contributed by atoms with E-state index < -0.39 is 11.9 Å². The van der Waals surface area contributed by atoms with Crippen LogP contribution in [0.25, 0.3) is 22.1 Å². The van der Waals surface area contributed by atoms with Gasteiger partial charge in [-0.05, 0) is 35.6 Å². The summed E-state index contributed by atoms with van der Waals surface area (Å²) in [6.07, 6.45) is -4.52. The van der Waals surface area contributed by atoms with Crippen LogP contribution in [0.2, 0.25) is 0 Å². The standard InChI is InChI=1S/C21H16F3N3O2S2/c1-12-9-30-10-15(12)16-7-18(29-8-13-3-5-14(28-2)6-4-13)27-19(25-16)20-26-17(11-31-20)21(22,23)24/h3-7,9-11H,8H2,1-2H3. The molecule has 5 nitrogen and oxygen atoms in total. The Balaban J connectivity index is 1.68. The van der Waals surface area contributed by atoms with Crippen molar-refractivity contribution in [1.29, 1.82) is 0 Å². The molecule has 3 aromatic heterocycles. The highest BCUT2D eigenvalue weighted by Gasteiger charge is 2.34. The molecule has 0 aliphatic carbocycles. The molecule has 0 saturated carbocycles. The molecule has 10 heteroatoms. The van der Waals surface area contributed by atoms with E-state index in [2.05, 4.69) is 15.0 Å². The number of benzene rings is 1. The number of ether oxygens (including phenoxy) is 2. The van der Waals surface area contributed by atoms with Crippen LogP contribution in [0, 0.1) is 6.92 Å². The fourth-order valence-electron chi connectivity index (χ4n) is 2.74. The zero-order valence-electron chi connectivity index (χ0n) is 16.4. The molecular formula is C21H16F3N3O2S2. The van der Waals surface area contributed by atoms with E-state index in [1.165, 1.54) is 11.3 Å². The Kier molecular flexibility index (Phi) is 5.92. The van der Waals surface area contributed by atoms with E-state index in [1.807, 2.05) is 41.9 Å². The van der Waals surface area contributed by atoms with Crippen LogP contribution < -0.4 is 9.47 Å². The zero-order chi connectivity index (χ0) is 22.0. The van der Waals surface area contributed by atoms with Gasteiger partial charge >= 0.3 is 6.18 Å². The van der Waals surface area contributed by atoms with Crippen molar-refractivity contribution in [3.05, 3.63) is 63.3 Å². The number of alkyl halides is 3. The number of thiophene rings is 1. The SMILES string of the molecule is COc1ccc(COc2cc(-c3cscc3C)nc(-c3nc(C(F)(F)F)cs3)n2)cc1. The van der Waals surface area contributed by atoms with Crippen molar-refractivity contribution in [2.24, 2.45) is 0 Å². The normalized spacial score (nSPS) is 11.5. The van der Waals surface area contributed by atoms with Gasteiger partial charge in [0.25, 0.3) is 0 Å². The van der Waals surface area contributed by atoms with Crippen molar-refractivity contribution in [2.75, 3.05) is 7.11 Å². The highest BCUT2D eigenvalue weighted by molar-refractivity contribution is 7.13. The second-order valence-corrected chi connectivity index (χ2v) is 8.16. The van der Waals surface area contributed by atoms with Crippen molar-refractivity contribution in [1.82, 2.24) is 15.0 Å². The minimum Gasteiger partial charge on any atom is -0.497 e. The first-order valence-electron chi connectivity index (χ1n) is 9.04. The summed E-state index contributed by atoms with van der Waals surface area (Å²) in [6.45, 7) is 2.17. The molecule has 0 radical (unpaired) electrons. The topological polar surface area (TPSA) is 57.1 Å². The van der Waals surface area contributed by atoms with Crippen LogP contribution in [0.15, 0.2) is 46.5 Å². The lowest BCUT2D eigenvalue weighted by atomic mass is 10.1. The zero-order valence-corrected chi connectivity index (χ0v) is 18.1. The van der Waals surface area contributed by atoms with Crippen LogP contribution in [0.3, 0.4) is 0 Å². The summed E-state index contributed by atoms with van der Waals surface area (Å²) in [6, 6.07) is 9.04. The summed E-state index contributed by atoms with van der Waals surface area (Å²) in [4.78, 5) is 12.4. The smallest absolute Gasteiger partial charge is 0.434 e. The minimum absolute atomic E-state index is 0.0800. The van der Waals surface area contributed by atoms with Crippen LogP contribution in [0.1, 0.15) is 16.8 Å². The Labute approximate surface area is 184 Å². The van der Waals surface area contributed by atoms with Gasteiger partial charge in [0.15, 0.2) is 16.5 Å². The molecule has 0 spiro atoms. The Morgan fingerprint density at radius 1 is 1.00 bits per heavy atom. The molecular weight excluding hydrogens is 447 g/mol. The van der Waals surface area contributed by atoms with Gasteiger partial charge in [0.1, 0.15) is 12.4 Å². The number of rotatable bonds is 6. The van der Waals surface area contributed by atoms with Crippen molar-refractivity contribution in [3.8, 4) is 33.7 Å². The lowest BCUT2D eigenvalue weighted by Crippen LogP contribution is -2.05. The van der Waals surface area contributed by atoms with Crippen LogP contribution in [-0.4, -0.2) is 22.1 Å². The van der Waals surface area contributed by atoms with E-state index in [4.69, 9.17) is 9.47 Å². The number of nitrogens with zero attached hydrogens (tertiary/aromatic N) is 3. The molecule has 3 heterocycles. The summed E-state index contributed by atoms with van der Waals surface area (Å²) in [7, 11) is 1.59. The molecule has 1 aromatic carbocycles. The predicted octanol–water partition coefficient (Wildman–Crippen LogP) is 6.24. The van der Waals surface area contributed by atoms with Crippen LogP contribution in [-0.2, 0) is 12.8 Å². The third-order valence-electron chi connectivity index (χ3n) is 4.37. The number of aryl methyl sites for hydroxylation is 1. The minimum atomic E-state index is -4.52. The predicted molar refractivity (Wildman–Crippen MR) is 114 cm³/mol. The summed E-state index contributed by atoms with van der Waals surface area (Å²) < 4.78 is 49.9. The van der Waals surface area contributed by atoms with Gasteiger partial charge in [-0.3, -0.25) is 0 Å². The lowest BCUT2D eigenvalue weighted by Gasteiger charge is -2.09. The molecule has 0 aliphatic heterocycles. The molecule has 0 bridgehead atoms. The summed E-state index contributed by atoms with van der Waals surface area (Å²) >= 11 is 2.36. The second kappa shape index (κ2) is 8.64. The number of aromatic nitrogens is 3. The van der Waals surface area contributed by atoms with Crippen LogP contribution in [0.5, 0.6) is 11.6 Å². The Bertz CT molecular complexity index is 1190. The first-order valence-corrected chi connectivity index (χ1v) is 10.9. The first kappa shape index (κ1) is 21.3. The van der Waals surface area contributed by atoms with E-state index in [-0.39, 0.29) is 23.3 Å². The van der Waals surface area contributed by atoms with E-state index >= 15 is 0 Å². The highest BCUT2D eigenvalue weighted by Crippen LogP contribution is 2.34. The fourth-order valence-corrected chi connectivity index (χ4v) is 4.34. The average molecular weight is 464 g/mol. The Hall–Kier alpha value is -2.98. The number of halogens is 3. The van der Waals surface area contributed by atoms with Crippen molar-refractivity contribution in [3.63, 3.8) is 0 Å². The number of hydrogen-bond donors (Lipinski definition) is 0. The van der Waals surface area contributed by atoms with Crippen molar-refractivity contribution >= 4 is 22.7 Å². The molecule has 0 saturated heterocycles. The number of methoxy groups -OCH3 is 1. The molecule has 0 aliphatic rings. The van der Waals surface area contributed by atoms with E-state index in [1.54, 1.807) is 13.2 Å². The van der Waals surface area contributed by atoms with E-state index in [0.717, 1.165) is 39.2 Å². The summed E-state index contributed by atoms with van der Waals surface area (Å²) in [5, 5.41) is 4.94. The van der Waals surface area contributed by atoms with Gasteiger partial charge in [-0.1, -0.05) is 12.1 Å². The molecule has 0 amide bonds. The molecule has 0 atom stereocenters. The van der Waals surface area contributed by atoms with Gasteiger partial charge in [0, 0.05) is 22.4 Å². The number of hydrogen-bond acceptors (Lipinski definition) is 7. The Morgan fingerprint density at radius 3 is 2.39 bits per heavy atom. The van der Waals surface area contributed by atoms with Gasteiger partial charge in [-0.15, -0.1) is 11.3 Å². The molecule has 0 N–H and O–H groups in total. The van der Waals surface area contributed by atoms with Gasteiger partial charge in [0.05, 0.1) is 12.8 Å². The van der Waals surface area contributed by atoms with E-state index in [9.17, 15) is 13.2 Å². The molecule has 4 rings (SSSR count). The molecule has 31 heavy (non-hydrogen) atoms. The first-order chi connectivity index (χ1) is 14.8. The Morgan fingerprint density at radius 2 is 1.77 bits per heavy atom. The third kappa shape index (κ3) is 4.86. The van der Waals surface area contributed by atoms with Crippen LogP contribution >= 0.6 is 22.7 Å². The second-order valence-electron chi connectivity index (χ2n) is 6.56. The molecule has 160 valence electrons. The van der Waals surface area contributed by atoms with Crippen LogP contribution in [0.4, 0.5) is 13.2 Å². The van der Waals surface area contributed by atoms with Gasteiger partial charge in [0.2, 0.25) is 5.88 Å². The summed E-state index contributed by atoms with van der Waals surface area (Å²) in [5.41, 5.74) is 2.37. The van der Waals surface area contributed by atoms with E-state index in [0.29, 0.717) is 5.69 Å². The maximum absolute atomic E-state index is 13.0. The maximum atomic E-state index is 13.0. The molecule has 0 unspecified atom stereocenters. The largest absolute Gasteiger partial charge is 0.497 e. The lowest BCUT2D eigenvalue weighted by molar-refractivity contribution is -0.140. The molecule has 0 fully saturated rings. The number of thiazole rings is 1. The third-order valence-corrected chi connectivity index (χ3v) is 6.07. The maximum Gasteiger partial charge on any atom is 0.434 e. The quantitative estimate of drug-likeness (QED) is 0.339. The van der Waals surface area contributed by atoms with Gasteiger partial charge in [-0.2, -0.15) is 29.5 Å². The van der Waals surface area contributed by atoms with Gasteiger partial charge < -0.3 is 9.47 Å². The highest BCUT2D eigenvalue weighted by atomic mass is 32.1. The summed E-state index contributed by atoms with van der Waals surface area (Å²) in [5.74, 6) is 1.08. The van der Waals surface area contributed by atoms with Crippen molar-refractivity contribution < 1.29 is 22.6 Å². The molecule has 4 aromatic rings. The average Bonchev–Trinajstić information content (AvgIpc) is 3.42.